The highest BCUT2D eigenvalue weighted by atomic mass is 19.4. The summed E-state index contributed by atoms with van der Waals surface area (Å²) in [5.41, 5.74) is 1.82. The number of ether oxygens (including phenoxy) is 1. The van der Waals surface area contributed by atoms with Gasteiger partial charge in [0.1, 0.15) is 5.75 Å². The maximum atomic E-state index is 12.0. The molecular weight excluding hydrogens is 231 g/mol. The average Bonchev–Trinajstić information content (AvgIpc) is 2.27. The summed E-state index contributed by atoms with van der Waals surface area (Å²) in [5.74, 6) is 0.608. The summed E-state index contributed by atoms with van der Waals surface area (Å²) in [6.45, 7) is 1.15. The molecule has 1 rings (SSSR count). The lowest BCUT2D eigenvalue weighted by Gasteiger charge is -2.12. The van der Waals surface area contributed by atoms with E-state index in [0.29, 0.717) is 5.75 Å². The standard InChI is InChI=1S/C12H16F3NO/c1-3-9-4-5-11(17-2)10(6-9)7-16-8-12(13,14)15/h4-6,16H,3,7-8H2,1-2H3. The molecule has 17 heavy (non-hydrogen) atoms. The van der Waals surface area contributed by atoms with Crippen LogP contribution in [-0.4, -0.2) is 19.8 Å². The molecule has 0 bridgehead atoms. The summed E-state index contributed by atoms with van der Waals surface area (Å²) in [4.78, 5) is 0. The normalized spacial score (nSPS) is 11.6. The fourth-order valence-corrected chi connectivity index (χ4v) is 1.53. The van der Waals surface area contributed by atoms with E-state index in [1.807, 2.05) is 19.1 Å². The van der Waals surface area contributed by atoms with Gasteiger partial charge in [0.05, 0.1) is 13.7 Å². The topological polar surface area (TPSA) is 21.3 Å². The van der Waals surface area contributed by atoms with Crippen molar-refractivity contribution in [1.29, 1.82) is 0 Å². The highest BCUT2D eigenvalue weighted by Crippen LogP contribution is 2.20. The molecule has 0 unspecified atom stereocenters. The van der Waals surface area contributed by atoms with Gasteiger partial charge in [-0.05, 0) is 18.1 Å². The first kappa shape index (κ1) is 13.8. The second-order valence-corrected chi connectivity index (χ2v) is 3.72. The van der Waals surface area contributed by atoms with Crippen LogP contribution in [-0.2, 0) is 13.0 Å². The van der Waals surface area contributed by atoms with Crippen molar-refractivity contribution in [2.45, 2.75) is 26.1 Å². The third-order valence-electron chi connectivity index (χ3n) is 2.39. The van der Waals surface area contributed by atoms with E-state index in [-0.39, 0.29) is 6.54 Å². The van der Waals surface area contributed by atoms with Crippen LogP contribution in [0, 0.1) is 0 Å². The van der Waals surface area contributed by atoms with Crippen LogP contribution in [0.2, 0.25) is 0 Å². The van der Waals surface area contributed by atoms with Crippen molar-refractivity contribution >= 4 is 0 Å². The van der Waals surface area contributed by atoms with Gasteiger partial charge in [0, 0.05) is 12.1 Å². The zero-order valence-corrected chi connectivity index (χ0v) is 9.90. The van der Waals surface area contributed by atoms with Crippen LogP contribution in [0.4, 0.5) is 13.2 Å². The molecule has 0 aliphatic carbocycles. The highest BCUT2D eigenvalue weighted by Gasteiger charge is 2.26. The van der Waals surface area contributed by atoms with Gasteiger partial charge in [0.25, 0.3) is 0 Å². The maximum absolute atomic E-state index is 12.0. The van der Waals surface area contributed by atoms with Gasteiger partial charge in [-0.1, -0.05) is 19.1 Å². The van der Waals surface area contributed by atoms with Gasteiger partial charge >= 0.3 is 6.18 Å². The van der Waals surface area contributed by atoms with Gasteiger partial charge in [-0.2, -0.15) is 13.2 Å². The molecule has 0 saturated heterocycles. The number of aryl methyl sites for hydroxylation is 1. The van der Waals surface area contributed by atoms with Crippen molar-refractivity contribution < 1.29 is 17.9 Å². The number of hydrogen-bond acceptors (Lipinski definition) is 2. The van der Waals surface area contributed by atoms with E-state index < -0.39 is 12.7 Å². The van der Waals surface area contributed by atoms with E-state index in [1.165, 1.54) is 7.11 Å². The van der Waals surface area contributed by atoms with Gasteiger partial charge in [0.15, 0.2) is 0 Å². The Kier molecular flexibility index (Phi) is 4.81. The zero-order valence-electron chi connectivity index (χ0n) is 9.90. The van der Waals surface area contributed by atoms with Crippen molar-refractivity contribution in [3.63, 3.8) is 0 Å². The summed E-state index contributed by atoms with van der Waals surface area (Å²) >= 11 is 0. The molecule has 0 spiro atoms. The number of alkyl halides is 3. The molecule has 0 saturated carbocycles. The van der Waals surface area contributed by atoms with Crippen LogP contribution < -0.4 is 10.1 Å². The van der Waals surface area contributed by atoms with E-state index in [1.54, 1.807) is 6.07 Å². The molecular formula is C12H16F3NO. The Hall–Kier alpha value is -1.23. The van der Waals surface area contributed by atoms with Crippen LogP contribution in [0.5, 0.6) is 5.75 Å². The molecule has 2 nitrogen and oxygen atoms in total. The number of benzene rings is 1. The Morgan fingerprint density at radius 1 is 1.29 bits per heavy atom. The first-order valence-electron chi connectivity index (χ1n) is 5.39. The Labute approximate surface area is 98.8 Å². The molecule has 96 valence electrons. The van der Waals surface area contributed by atoms with Crippen LogP contribution in [0.15, 0.2) is 18.2 Å². The lowest BCUT2D eigenvalue weighted by atomic mass is 10.1. The summed E-state index contributed by atoms with van der Waals surface area (Å²) in [6, 6.07) is 5.55. The lowest BCUT2D eigenvalue weighted by molar-refractivity contribution is -0.125. The second-order valence-electron chi connectivity index (χ2n) is 3.72. The molecule has 0 heterocycles. The number of rotatable bonds is 5. The van der Waals surface area contributed by atoms with E-state index >= 15 is 0 Å². The maximum Gasteiger partial charge on any atom is 0.401 e. The summed E-state index contributed by atoms with van der Waals surface area (Å²) in [6.07, 6.45) is -3.34. The number of methoxy groups -OCH3 is 1. The molecule has 1 N–H and O–H groups in total. The van der Waals surface area contributed by atoms with Crippen LogP contribution in [0.25, 0.3) is 0 Å². The molecule has 1 aromatic rings. The Morgan fingerprint density at radius 2 is 2.00 bits per heavy atom. The minimum absolute atomic E-state index is 0.149. The molecule has 0 aliphatic rings. The van der Waals surface area contributed by atoms with Crippen molar-refractivity contribution in [3.05, 3.63) is 29.3 Å². The SMILES string of the molecule is CCc1ccc(OC)c(CNCC(F)(F)F)c1. The Balaban J connectivity index is 2.68. The van der Waals surface area contributed by atoms with E-state index in [9.17, 15) is 13.2 Å². The number of nitrogens with one attached hydrogen (secondary N) is 1. The molecule has 0 fully saturated rings. The van der Waals surface area contributed by atoms with Gasteiger partial charge < -0.3 is 10.1 Å². The second kappa shape index (κ2) is 5.91. The summed E-state index contributed by atoms with van der Waals surface area (Å²) in [5, 5.41) is 2.36. The number of halogens is 3. The predicted octanol–water partition coefficient (Wildman–Crippen LogP) is 2.91. The predicted molar refractivity (Wildman–Crippen MR) is 60.1 cm³/mol. The largest absolute Gasteiger partial charge is 0.496 e. The molecule has 0 aliphatic heterocycles. The minimum atomic E-state index is -4.18. The van der Waals surface area contributed by atoms with Gasteiger partial charge in [0.2, 0.25) is 0 Å². The lowest BCUT2D eigenvalue weighted by Crippen LogP contribution is -2.28. The third-order valence-corrected chi connectivity index (χ3v) is 2.39. The molecule has 5 heteroatoms. The summed E-state index contributed by atoms with van der Waals surface area (Å²) in [7, 11) is 1.51. The molecule has 1 aromatic carbocycles. The highest BCUT2D eigenvalue weighted by molar-refractivity contribution is 5.37. The first-order valence-corrected chi connectivity index (χ1v) is 5.39. The fourth-order valence-electron chi connectivity index (χ4n) is 1.53. The first-order chi connectivity index (χ1) is 7.96. The summed E-state index contributed by atoms with van der Waals surface area (Å²) < 4.78 is 41.1. The molecule has 0 aromatic heterocycles. The Bertz CT molecular complexity index is 363. The van der Waals surface area contributed by atoms with Crippen molar-refractivity contribution in [3.8, 4) is 5.75 Å². The van der Waals surface area contributed by atoms with Gasteiger partial charge in [-0.25, -0.2) is 0 Å². The van der Waals surface area contributed by atoms with E-state index in [0.717, 1.165) is 17.5 Å². The van der Waals surface area contributed by atoms with E-state index in [4.69, 9.17) is 4.74 Å². The quantitative estimate of drug-likeness (QED) is 0.863. The third kappa shape index (κ3) is 4.65. The minimum Gasteiger partial charge on any atom is -0.496 e. The Morgan fingerprint density at radius 3 is 2.53 bits per heavy atom. The zero-order chi connectivity index (χ0) is 12.9. The van der Waals surface area contributed by atoms with Crippen LogP contribution in [0.1, 0.15) is 18.1 Å². The van der Waals surface area contributed by atoms with Crippen LogP contribution in [0.3, 0.4) is 0 Å². The average molecular weight is 247 g/mol. The monoisotopic (exact) mass is 247 g/mol. The van der Waals surface area contributed by atoms with E-state index in [2.05, 4.69) is 5.32 Å². The van der Waals surface area contributed by atoms with Gasteiger partial charge in [-0.3, -0.25) is 0 Å². The molecule has 0 atom stereocenters. The molecule has 0 amide bonds. The molecule has 0 radical (unpaired) electrons. The van der Waals surface area contributed by atoms with Crippen LogP contribution >= 0.6 is 0 Å². The van der Waals surface area contributed by atoms with Crippen molar-refractivity contribution in [2.75, 3.05) is 13.7 Å². The van der Waals surface area contributed by atoms with Crippen molar-refractivity contribution in [2.24, 2.45) is 0 Å². The van der Waals surface area contributed by atoms with Gasteiger partial charge in [-0.15, -0.1) is 0 Å². The fraction of sp³-hybridized carbons (Fsp3) is 0.500. The smallest absolute Gasteiger partial charge is 0.401 e. The number of hydrogen-bond donors (Lipinski definition) is 1. The van der Waals surface area contributed by atoms with Crippen molar-refractivity contribution in [1.82, 2.24) is 5.32 Å².